The summed E-state index contributed by atoms with van der Waals surface area (Å²) in [6, 6.07) is 7.32. The topological polar surface area (TPSA) is 66.4 Å². The molecule has 1 atom stereocenters. The molecule has 1 heterocycles. The molecule has 1 fully saturated rings. The first-order chi connectivity index (χ1) is 13.0. The predicted octanol–water partition coefficient (Wildman–Crippen LogP) is 2.34. The molecule has 1 amide bonds. The number of guanidine groups is 1. The van der Waals surface area contributed by atoms with Gasteiger partial charge in [-0.1, -0.05) is 17.7 Å². The number of amides is 1. The number of aliphatic imine (C=N–C) groups is 1. The summed E-state index contributed by atoms with van der Waals surface area (Å²) in [4.78, 5) is 19.8. The second kappa shape index (κ2) is 13.1. The van der Waals surface area contributed by atoms with Gasteiger partial charge >= 0.3 is 0 Å². The van der Waals surface area contributed by atoms with Gasteiger partial charge in [-0.2, -0.15) is 0 Å². The van der Waals surface area contributed by atoms with Gasteiger partial charge in [-0.25, -0.2) is 4.99 Å². The molecule has 1 aromatic rings. The van der Waals surface area contributed by atoms with Crippen molar-refractivity contribution in [2.24, 2.45) is 10.9 Å². The van der Waals surface area contributed by atoms with E-state index in [9.17, 15) is 4.79 Å². The zero-order valence-electron chi connectivity index (χ0n) is 16.7. The van der Waals surface area contributed by atoms with Gasteiger partial charge in [-0.05, 0) is 24.6 Å². The van der Waals surface area contributed by atoms with E-state index in [0.717, 1.165) is 31.9 Å². The van der Waals surface area contributed by atoms with E-state index in [4.69, 9.17) is 21.1 Å². The molecule has 7 nitrogen and oxygen atoms in total. The molecular weight excluding hydrogens is 495 g/mol. The summed E-state index contributed by atoms with van der Waals surface area (Å²) in [5.41, 5.74) is 0. The van der Waals surface area contributed by atoms with Gasteiger partial charge in [0.1, 0.15) is 18.9 Å². The van der Waals surface area contributed by atoms with E-state index in [0.29, 0.717) is 30.1 Å². The van der Waals surface area contributed by atoms with Crippen LogP contribution in [0, 0.1) is 5.92 Å². The first-order valence-corrected chi connectivity index (χ1v) is 9.49. The van der Waals surface area contributed by atoms with Gasteiger partial charge in [0, 0.05) is 45.2 Å². The van der Waals surface area contributed by atoms with Gasteiger partial charge in [0.05, 0.1) is 13.2 Å². The number of halogens is 2. The molecule has 2 rings (SSSR count). The van der Waals surface area contributed by atoms with Crippen LogP contribution in [0.15, 0.2) is 29.3 Å². The standard InChI is InChI=1S/C19H29ClN4O3.HI/c1-23(2)18(25)13-22-19(21-12-15-7-9-26-14-15)24(3)8-10-27-17-6-4-5-16(20)11-17;/h4-6,11,15H,7-10,12-14H2,1-3H3,(H,21,22);1H. The minimum Gasteiger partial charge on any atom is -0.492 e. The first kappa shape index (κ1) is 24.8. The summed E-state index contributed by atoms with van der Waals surface area (Å²) in [6.07, 6.45) is 1.04. The summed E-state index contributed by atoms with van der Waals surface area (Å²) < 4.78 is 11.2. The summed E-state index contributed by atoms with van der Waals surface area (Å²) in [5, 5.41) is 4.01. The summed E-state index contributed by atoms with van der Waals surface area (Å²) in [5.74, 6) is 1.85. The maximum absolute atomic E-state index is 11.9. The number of rotatable bonds is 8. The molecule has 0 radical (unpaired) electrons. The number of nitrogens with zero attached hydrogens (tertiary/aromatic N) is 3. The van der Waals surface area contributed by atoms with Crippen molar-refractivity contribution in [1.29, 1.82) is 0 Å². The van der Waals surface area contributed by atoms with Crippen LogP contribution in [0.5, 0.6) is 5.75 Å². The lowest BCUT2D eigenvalue weighted by molar-refractivity contribution is -0.127. The fourth-order valence-electron chi connectivity index (χ4n) is 2.54. The Balaban J connectivity index is 0.00000392. The number of nitrogens with one attached hydrogen (secondary N) is 1. The van der Waals surface area contributed by atoms with E-state index in [1.54, 1.807) is 20.2 Å². The van der Waals surface area contributed by atoms with Crippen LogP contribution in [0.25, 0.3) is 0 Å². The van der Waals surface area contributed by atoms with Gasteiger partial charge in [-0.3, -0.25) is 4.79 Å². The highest BCUT2D eigenvalue weighted by atomic mass is 127. The number of hydrogen-bond donors (Lipinski definition) is 1. The fourth-order valence-corrected chi connectivity index (χ4v) is 2.72. The molecule has 1 saturated heterocycles. The molecule has 28 heavy (non-hydrogen) atoms. The number of benzene rings is 1. The molecule has 1 N–H and O–H groups in total. The number of ether oxygens (including phenoxy) is 2. The third-order valence-electron chi connectivity index (χ3n) is 4.29. The zero-order valence-corrected chi connectivity index (χ0v) is 19.8. The Morgan fingerprint density at radius 1 is 1.39 bits per heavy atom. The van der Waals surface area contributed by atoms with Crippen LogP contribution < -0.4 is 10.1 Å². The molecule has 1 aliphatic rings. The minimum atomic E-state index is -0.0397. The smallest absolute Gasteiger partial charge is 0.243 e. The number of carbonyl (C=O) groups excluding carboxylic acids is 1. The molecule has 1 unspecified atom stereocenters. The van der Waals surface area contributed by atoms with Gasteiger partial charge in [0.15, 0.2) is 5.96 Å². The first-order valence-electron chi connectivity index (χ1n) is 9.11. The Morgan fingerprint density at radius 2 is 2.18 bits per heavy atom. The number of carbonyl (C=O) groups is 1. The van der Waals surface area contributed by atoms with E-state index in [1.807, 2.05) is 30.1 Å². The van der Waals surface area contributed by atoms with Gasteiger partial charge < -0.3 is 24.6 Å². The highest BCUT2D eigenvalue weighted by molar-refractivity contribution is 14.0. The van der Waals surface area contributed by atoms with Crippen molar-refractivity contribution in [3.05, 3.63) is 29.3 Å². The third-order valence-corrected chi connectivity index (χ3v) is 4.52. The normalized spacial score (nSPS) is 16.3. The molecule has 0 aromatic heterocycles. The third kappa shape index (κ3) is 8.83. The quantitative estimate of drug-likeness (QED) is 0.321. The van der Waals surface area contributed by atoms with Gasteiger partial charge in [0.2, 0.25) is 5.91 Å². The average Bonchev–Trinajstić information content (AvgIpc) is 3.15. The van der Waals surface area contributed by atoms with Crippen LogP contribution in [-0.4, -0.2) is 82.3 Å². The van der Waals surface area contributed by atoms with Crippen molar-refractivity contribution in [2.75, 3.05) is 60.6 Å². The van der Waals surface area contributed by atoms with Crippen LogP contribution in [0.2, 0.25) is 5.02 Å². The monoisotopic (exact) mass is 524 g/mol. The van der Waals surface area contributed by atoms with E-state index < -0.39 is 0 Å². The molecule has 0 spiro atoms. The Morgan fingerprint density at radius 3 is 2.82 bits per heavy atom. The molecule has 1 aromatic carbocycles. The maximum Gasteiger partial charge on any atom is 0.243 e. The van der Waals surface area contributed by atoms with Crippen molar-refractivity contribution < 1.29 is 14.3 Å². The highest BCUT2D eigenvalue weighted by Crippen LogP contribution is 2.17. The lowest BCUT2D eigenvalue weighted by atomic mass is 10.1. The number of hydrogen-bond acceptors (Lipinski definition) is 4. The Labute approximate surface area is 189 Å². The molecule has 0 saturated carbocycles. The van der Waals surface area contributed by atoms with Crippen molar-refractivity contribution >= 4 is 47.4 Å². The summed E-state index contributed by atoms with van der Waals surface area (Å²) in [7, 11) is 5.38. The van der Waals surface area contributed by atoms with Crippen molar-refractivity contribution in [1.82, 2.24) is 15.1 Å². The minimum absolute atomic E-state index is 0. The Hall–Kier alpha value is -1.26. The van der Waals surface area contributed by atoms with Crippen molar-refractivity contribution in [3.8, 4) is 5.75 Å². The largest absolute Gasteiger partial charge is 0.492 e. The van der Waals surface area contributed by atoms with E-state index in [1.165, 1.54) is 4.90 Å². The fraction of sp³-hybridized carbons (Fsp3) is 0.579. The second-order valence-corrected chi connectivity index (χ2v) is 7.20. The zero-order chi connectivity index (χ0) is 19.6. The molecular formula is C19H30ClIN4O3. The Kier molecular flexibility index (Phi) is 11.6. The van der Waals surface area contributed by atoms with E-state index in [-0.39, 0.29) is 36.4 Å². The molecule has 0 aliphatic carbocycles. The van der Waals surface area contributed by atoms with Crippen LogP contribution >= 0.6 is 35.6 Å². The highest BCUT2D eigenvalue weighted by Gasteiger charge is 2.17. The Bertz CT molecular complexity index is 639. The lowest BCUT2D eigenvalue weighted by Gasteiger charge is -2.24. The number of likely N-dealkylation sites (N-methyl/N-ethyl adjacent to an activating group) is 2. The molecule has 1 aliphatic heterocycles. The molecule has 158 valence electrons. The molecule has 0 bridgehead atoms. The summed E-state index contributed by atoms with van der Waals surface area (Å²) >= 11 is 5.97. The van der Waals surface area contributed by atoms with Gasteiger partial charge in [0.25, 0.3) is 0 Å². The van der Waals surface area contributed by atoms with Crippen LogP contribution in [0.3, 0.4) is 0 Å². The van der Waals surface area contributed by atoms with Crippen LogP contribution in [0.1, 0.15) is 6.42 Å². The van der Waals surface area contributed by atoms with Gasteiger partial charge in [-0.15, -0.1) is 24.0 Å². The maximum atomic E-state index is 11.9. The predicted molar refractivity (Wildman–Crippen MR) is 123 cm³/mol. The average molecular weight is 525 g/mol. The van der Waals surface area contributed by atoms with E-state index in [2.05, 4.69) is 10.3 Å². The second-order valence-electron chi connectivity index (χ2n) is 6.77. The van der Waals surface area contributed by atoms with Crippen LogP contribution in [0.4, 0.5) is 0 Å². The SMILES string of the molecule is CN(C)C(=O)CN=C(NCC1CCOC1)N(C)CCOc1cccc(Cl)c1.I. The van der Waals surface area contributed by atoms with E-state index >= 15 is 0 Å². The van der Waals surface area contributed by atoms with Crippen molar-refractivity contribution in [2.45, 2.75) is 6.42 Å². The van der Waals surface area contributed by atoms with Crippen molar-refractivity contribution in [3.63, 3.8) is 0 Å². The molecule has 9 heteroatoms. The van der Waals surface area contributed by atoms with Crippen LogP contribution in [-0.2, 0) is 9.53 Å². The lowest BCUT2D eigenvalue weighted by Crippen LogP contribution is -2.43. The summed E-state index contributed by atoms with van der Waals surface area (Å²) in [6.45, 7) is 3.55.